The molecule has 1 heterocycles. The molecule has 96 valence electrons. The van der Waals surface area contributed by atoms with Gasteiger partial charge in [-0.05, 0) is 6.42 Å². The number of nitrogens with one attached hydrogen (secondary N) is 2. The van der Waals surface area contributed by atoms with Gasteiger partial charge in [-0.1, -0.05) is 6.92 Å². The number of hydrazine groups is 1. The molecule has 17 heavy (non-hydrogen) atoms. The molecule has 0 fully saturated rings. The molecule has 0 aliphatic rings. The average molecular weight is 259 g/mol. The summed E-state index contributed by atoms with van der Waals surface area (Å²) in [6.07, 6.45) is 3.50. The molecule has 0 saturated carbocycles. The number of hydrogen-bond acceptors (Lipinski definition) is 6. The van der Waals surface area contributed by atoms with Crippen LogP contribution in [0, 0.1) is 0 Å². The Morgan fingerprint density at radius 1 is 1.29 bits per heavy atom. The normalized spacial score (nSPS) is 11.8. The minimum Gasteiger partial charge on any atom is -0.354 e. The van der Waals surface area contributed by atoms with Gasteiger partial charge in [0.15, 0.2) is 0 Å². The van der Waals surface area contributed by atoms with E-state index in [1.165, 1.54) is 17.4 Å². The highest BCUT2D eigenvalue weighted by Crippen LogP contribution is 2.07. The molecule has 2 N–H and O–H groups in total. The molecular weight excluding hydrogens is 242 g/mol. The van der Waals surface area contributed by atoms with E-state index < -0.39 is 10.0 Å². The summed E-state index contributed by atoms with van der Waals surface area (Å²) in [5.74, 6) is 0.427. The maximum absolute atomic E-state index is 11.7. The second kappa shape index (κ2) is 5.89. The zero-order valence-corrected chi connectivity index (χ0v) is 11.0. The van der Waals surface area contributed by atoms with Crippen molar-refractivity contribution in [3.05, 3.63) is 12.4 Å². The first-order valence-corrected chi connectivity index (χ1v) is 6.69. The van der Waals surface area contributed by atoms with Crippen molar-refractivity contribution in [1.29, 1.82) is 0 Å². The molecule has 0 spiro atoms. The predicted molar refractivity (Wildman–Crippen MR) is 64.8 cm³/mol. The zero-order valence-electron chi connectivity index (χ0n) is 10.1. The van der Waals surface area contributed by atoms with Crippen molar-refractivity contribution in [1.82, 2.24) is 19.8 Å². The zero-order chi connectivity index (χ0) is 12.9. The van der Waals surface area contributed by atoms with Crippen LogP contribution in [0.4, 0.5) is 5.95 Å². The van der Waals surface area contributed by atoms with Gasteiger partial charge in [-0.2, -0.15) is 0 Å². The van der Waals surface area contributed by atoms with E-state index in [1.54, 1.807) is 14.1 Å². The third-order valence-corrected chi connectivity index (χ3v) is 3.21. The molecule has 0 amide bonds. The summed E-state index contributed by atoms with van der Waals surface area (Å²) < 4.78 is 23.4. The van der Waals surface area contributed by atoms with Gasteiger partial charge in [0.25, 0.3) is 10.0 Å². The van der Waals surface area contributed by atoms with Crippen LogP contribution in [0.3, 0.4) is 0 Å². The van der Waals surface area contributed by atoms with Crippen LogP contribution in [0.25, 0.3) is 0 Å². The van der Waals surface area contributed by atoms with Gasteiger partial charge in [-0.15, -0.1) is 4.83 Å². The van der Waals surface area contributed by atoms with E-state index in [2.05, 4.69) is 20.1 Å². The van der Waals surface area contributed by atoms with E-state index in [-0.39, 0.29) is 4.90 Å². The Balaban J connectivity index is 2.80. The topological polar surface area (TPSA) is 87.2 Å². The van der Waals surface area contributed by atoms with Gasteiger partial charge >= 0.3 is 0 Å². The second-order valence-corrected chi connectivity index (χ2v) is 5.32. The lowest BCUT2D eigenvalue weighted by molar-refractivity contribution is 0.364. The lowest BCUT2D eigenvalue weighted by atomic mass is 10.5. The summed E-state index contributed by atoms with van der Waals surface area (Å²) in [5.41, 5.74) is 0. The smallest absolute Gasteiger partial charge is 0.256 e. The molecule has 0 aliphatic carbocycles. The molecule has 0 saturated heterocycles. The minimum atomic E-state index is -3.57. The van der Waals surface area contributed by atoms with Crippen molar-refractivity contribution in [3.8, 4) is 0 Å². The number of sulfonamides is 1. The first-order chi connectivity index (χ1) is 7.95. The standard InChI is InChI=1S/C9H17N5O2S/c1-4-5-10-9-11-6-8(7-12-9)17(15,16)13-14(2)3/h6-7,13H,4-5H2,1-3H3,(H,10,11,12). The van der Waals surface area contributed by atoms with Crippen LogP contribution in [0.15, 0.2) is 17.3 Å². The Morgan fingerprint density at radius 3 is 2.35 bits per heavy atom. The highest BCUT2D eigenvalue weighted by molar-refractivity contribution is 7.89. The summed E-state index contributed by atoms with van der Waals surface area (Å²) in [6, 6.07) is 0. The molecule has 0 radical (unpaired) electrons. The fourth-order valence-corrected chi connectivity index (χ4v) is 2.05. The Hall–Kier alpha value is -1.25. The highest BCUT2D eigenvalue weighted by atomic mass is 32.2. The van der Waals surface area contributed by atoms with Gasteiger partial charge in [-0.3, -0.25) is 0 Å². The molecule has 8 heteroatoms. The summed E-state index contributed by atoms with van der Waals surface area (Å²) in [6.45, 7) is 2.77. The first kappa shape index (κ1) is 13.8. The van der Waals surface area contributed by atoms with Crippen molar-refractivity contribution in [3.63, 3.8) is 0 Å². The number of anilines is 1. The van der Waals surface area contributed by atoms with Crippen LogP contribution in [0.2, 0.25) is 0 Å². The van der Waals surface area contributed by atoms with Crippen LogP contribution in [0.5, 0.6) is 0 Å². The van der Waals surface area contributed by atoms with Gasteiger partial charge in [0.05, 0.1) is 12.4 Å². The Bertz CT molecular complexity index is 443. The van der Waals surface area contributed by atoms with Gasteiger partial charge < -0.3 is 5.32 Å². The van der Waals surface area contributed by atoms with Crippen molar-refractivity contribution >= 4 is 16.0 Å². The Labute approximate surface area is 101 Å². The Morgan fingerprint density at radius 2 is 1.88 bits per heavy atom. The molecule has 7 nitrogen and oxygen atoms in total. The molecule has 0 bridgehead atoms. The SMILES string of the molecule is CCCNc1ncc(S(=O)(=O)NN(C)C)cn1. The van der Waals surface area contributed by atoms with Crippen molar-refractivity contribution < 1.29 is 8.42 Å². The van der Waals surface area contributed by atoms with Gasteiger partial charge in [-0.25, -0.2) is 23.4 Å². The molecule has 1 aromatic heterocycles. The van der Waals surface area contributed by atoms with Crippen molar-refractivity contribution in [2.24, 2.45) is 0 Å². The monoisotopic (exact) mass is 259 g/mol. The molecule has 1 aromatic rings. The van der Waals surface area contributed by atoms with E-state index in [1.807, 2.05) is 6.92 Å². The fourth-order valence-electron chi connectivity index (χ4n) is 1.08. The highest BCUT2D eigenvalue weighted by Gasteiger charge is 2.15. The molecule has 0 aliphatic heterocycles. The lowest BCUT2D eigenvalue weighted by Crippen LogP contribution is -2.36. The summed E-state index contributed by atoms with van der Waals surface area (Å²) >= 11 is 0. The van der Waals surface area contributed by atoms with Crippen LogP contribution in [-0.4, -0.2) is 44.0 Å². The van der Waals surface area contributed by atoms with Gasteiger partial charge in [0.2, 0.25) is 5.95 Å². The quantitative estimate of drug-likeness (QED) is 0.702. The fraction of sp³-hybridized carbons (Fsp3) is 0.556. The second-order valence-electron chi connectivity index (χ2n) is 3.66. The van der Waals surface area contributed by atoms with E-state index in [4.69, 9.17) is 0 Å². The van der Waals surface area contributed by atoms with E-state index >= 15 is 0 Å². The third kappa shape index (κ3) is 4.25. The summed E-state index contributed by atoms with van der Waals surface area (Å²) in [5, 5.41) is 4.31. The van der Waals surface area contributed by atoms with Gasteiger partial charge in [0, 0.05) is 20.6 Å². The van der Waals surface area contributed by atoms with Gasteiger partial charge in [0.1, 0.15) is 4.90 Å². The van der Waals surface area contributed by atoms with Crippen LogP contribution in [0.1, 0.15) is 13.3 Å². The van der Waals surface area contributed by atoms with E-state index in [0.717, 1.165) is 13.0 Å². The van der Waals surface area contributed by atoms with Crippen molar-refractivity contribution in [2.75, 3.05) is 26.0 Å². The molecule has 0 atom stereocenters. The maximum atomic E-state index is 11.7. The van der Waals surface area contributed by atoms with Crippen LogP contribution in [-0.2, 0) is 10.0 Å². The van der Waals surface area contributed by atoms with Crippen LogP contribution < -0.4 is 10.1 Å². The number of nitrogens with zero attached hydrogens (tertiary/aromatic N) is 3. The Kier molecular flexibility index (Phi) is 4.79. The van der Waals surface area contributed by atoms with E-state index in [0.29, 0.717) is 5.95 Å². The maximum Gasteiger partial charge on any atom is 0.256 e. The average Bonchev–Trinajstić information content (AvgIpc) is 2.25. The van der Waals surface area contributed by atoms with E-state index in [9.17, 15) is 8.42 Å². The van der Waals surface area contributed by atoms with Crippen LogP contribution >= 0.6 is 0 Å². The van der Waals surface area contributed by atoms with Crippen molar-refractivity contribution in [2.45, 2.75) is 18.2 Å². The molecule has 0 unspecified atom stereocenters. The predicted octanol–water partition coefficient (Wildman–Crippen LogP) is 0.0534. The largest absolute Gasteiger partial charge is 0.354 e. The summed E-state index contributed by atoms with van der Waals surface area (Å²) in [4.78, 5) is 10.2. The summed E-state index contributed by atoms with van der Waals surface area (Å²) in [7, 11) is -0.388. The molecule has 0 aromatic carbocycles. The number of rotatable bonds is 6. The number of aromatic nitrogens is 2. The lowest BCUT2D eigenvalue weighted by Gasteiger charge is -2.12. The molecular formula is C9H17N5O2S. The third-order valence-electron chi connectivity index (χ3n) is 1.77. The number of hydrogen-bond donors (Lipinski definition) is 2. The first-order valence-electron chi connectivity index (χ1n) is 5.21. The molecule has 1 rings (SSSR count). The minimum absolute atomic E-state index is 0.0354.